The molecule has 1 saturated heterocycles. The van der Waals surface area contributed by atoms with Crippen LogP contribution >= 0.6 is 0 Å². The van der Waals surface area contributed by atoms with Crippen molar-refractivity contribution in [1.82, 2.24) is 14.5 Å². The Morgan fingerprint density at radius 1 is 1.43 bits per heavy atom. The molecule has 0 spiro atoms. The van der Waals surface area contributed by atoms with Gasteiger partial charge >= 0.3 is 0 Å². The van der Waals surface area contributed by atoms with Gasteiger partial charge in [0.15, 0.2) is 11.5 Å². The lowest BCUT2D eigenvalue weighted by Crippen LogP contribution is -2.42. The third-order valence-electron chi connectivity index (χ3n) is 4.31. The fourth-order valence-electron chi connectivity index (χ4n) is 3.42. The maximum atomic E-state index is 6.39. The molecular formula is C17H24N4O2. The van der Waals surface area contributed by atoms with E-state index in [0.29, 0.717) is 5.82 Å². The number of fused-ring (bicyclic) bond motifs is 1. The molecule has 6 heteroatoms. The van der Waals surface area contributed by atoms with Crippen LogP contribution < -0.4 is 5.73 Å². The van der Waals surface area contributed by atoms with Gasteiger partial charge in [0.05, 0.1) is 5.39 Å². The summed E-state index contributed by atoms with van der Waals surface area (Å²) in [6.45, 7) is 12.0. The van der Waals surface area contributed by atoms with Crippen molar-refractivity contribution < 1.29 is 9.47 Å². The van der Waals surface area contributed by atoms with Gasteiger partial charge in [-0.1, -0.05) is 12.5 Å². The average molecular weight is 316 g/mol. The highest BCUT2D eigenvalue weighted by Crippen LogP contribution is 2.46. The number of hydrogen-bond donors (Lipinski definition) is 1. The number of rotatable bonds is 4. The molecule has 1 aliphatic rings. The van der Waals surface area contributed by atoms with Crippen LogP contribution in [0.5, 0.6) is 0 Å². The predicted molar refractivity (Wildman–Crippen MR) is 89.7 cm³/mol. The Morgan fingerprint density at radius 3 is 2.83 bits per heavy atom. The van der Waals surface area contributed by atoms with Crippen LogP contribution in [0.4, 0.5) is 5.82 Å². The zero-order chi connectivity index (χ0) is 16.8. The molecule has 0 saturated carbocycles. The number of aromatic nitrogens is 3. The van der Waals surface area contributed by atoms with Gasteiger partial charge in [-0.3, -0.25) is 0 Å². The lowest BCUT2D eigenvalue weighted by atomic mass is 9.97. The van der Waals surface area contributed by atoms with E-state index in [1.54, 1.807) is 0 Å². The second-order valence-electron chi connectivity index (χ2n) is 6.65. The maximum absolute atomic E-state index is 6.39. The Bertz CT molecular complexity index is 752. The first-order valence-corrected chi connectivity index (χ1v) is 7.89. The summed E-state index contributed by atoms with van der Waals surface area (Å²) >= 11 is 0. The minimum atomic E-state index is -0.675. The molecule has 2 aromatic heterocycles. The molecule has 2 atom stereocenters. The SMILES string of the molecule is C=C(C)C[C@H]1OC(C)(C)O[C@@]1(CC)n1ccc2c(N)ncnc21. The Kier molecular flexibility index (Phi) is 3.69. The number of nitrogens with two attached hydrogens (primary N) is 1. The van der Waals surface area contributed by atoms with Crippen LogP contribution in [-0.4, -0.2) is 26.4 Å². The predicted octanol–water partition coefficient (Wildman–Crippen LogP) is 3.19. The first-order chi connectivity index (χ1) is 10.8. The Balaban J connectivity index is 2.18. The van der Waals surface area contributed by atoms with Crippen molar-refractivity contribution in [1.29, 1.82) is 0 Å². The summed E-state index contributed by atoms with van der Waals surface area (Å²) in [5.74, 6) is -0.208. The van der Waals surface area contributed by atoms with E-state index in [9.17, 15) is 0 Å². The third-order valence-corrected chi connectivity index (χ3v) is 4.31. The first-order valence-electron chi connectivity index (χ1n) is 7.89. The molecule has 2 N–H and O–H groups in total. The molecule has 124 valence electrons. The molecule has 6 nitrogen and oxygen atoms in total. The zero-order valence-corrected chi connectivity index (χ0v) is 14.2. The molecule has 3 heterocycles. The number of nitrogen functional groups attached to an aromatic ring is 1. The summed E-state index contributed by atoms with van der Waals surface area (Å²) in [7, 11) is 0. The van der Waals surface area contributed by atoms with E-state index >= 15 is 0 Å². The topological polar surface area (TPSA) is 75.2 Å². The smallest absolute Gasteiger partial charge is 0.175 e. The van der Waals surface area contributed by atoms with Crippen LogP contribution in [0, 0.1) is 0 Å². The van der Waals surface area contributed by atoms with Crippen molar-refractivity contribution in [3.8, 4) is 0 Å². The van der Waals surface area contributed by atoms with E-state index < -0.39 is 11.5 Å². The summed E-state index contributed by atoms with van der Waals surface area (Å²) in [5.41, 5.74) is 7.14. The van der Waals surface area contributed by atoms with Gasteiger partial charge < -0.3 is 19.8 Å². The standard InChI is InChI=1S/C17H24N4O2/c1-6-17(13(9-11(2)3)22-16(4,5)23-17)21-8-7-12-14(18)19-10-20-15(12)21/h7-8,10,13H,2,6,9H2,1,3-5H3,(H2,18,19,20)/t13-,17-/m1/s1. The Labute approximate surface area is 136 Å². The molecule has 0 unspecified atom stereocenters. The van der Waals surface area contributed by atoms with Crippen LogP contribution in [0.2, 0.25) is 0 Å². The first kappa shape index (κ1) is 16.0. The highest BCUT2D eigenvalue weighted by molar-refractivity contribution is 5.86. The van der Waals surface area contributed by atoms with Gasteiger partial charge in [0, 0.05) is 6.20 Å². The van der Waals surface area contributed by atoms with Crippen molar-refractivity contribution >= 4 is 16.9 Å². The molecule has 2 aromatic rings. The van der Waals surface area contributed by atoms with Crippen molar-refractivity contribution in [2.75, 3.05) is 5.73 Å². The lowest BCUT2D eigenvalue weighted by molar-refractivity contribution is -0.183. The van der Waals surface area contributed by atoms with Crippen LogP contribution in [0.3, 0.4) is 0 Å². The molecule has 23 heavy (non-hydrogen) atoms. The van der Waals surface area contributed by atoms with Gasteiger partial charge in [0.1, 0.15) is 23.9 Å². The van der Waals surface area contributed by atoms with Gasteiger partial charge in [-0.05, 0) is 39.7 Å². The second-order valence-corrected chi connectivity index (χ2v) is 6.65. The van der Waals surface area contributed by atoms with Crippen LogP contribution in [0.15, 0.2) is 30.7 Å². The molecule has 1 fully saturated rings. The second kappa shape index (κ2) is 5.32. The minimum absolute atomic E-state index is 0.146. The Morgan fingerprint density at radius 2 is 2.17 bits per heavy atom. The van der Waals surface area contributed by atoms with E-state index in [0.717, 1.165) is 29.4 Å². The van der Waals surface area contributed by atoms with Gasteiger partial charge in [0.2, 0.25) is 0 Å². The minimum Gasteiger partial charge on any atom is -0.383 e. The molecule has 3 rings (SSSR count). The largest absolute Gasteiger partial charge is 0.383 e. The fraction of sp³-hybridized carbons (Fsp3) is 0.529. The number of ether oxygens (including phenoxy) is 2. The van der Waals surface area contributed by atoms with Crippen molar-refractivity contribution in [3.63, 3.8) is 0 Å². The van der Waals surface area contributed by atoms with E-state index in [2.05, 4.69) is 23.5 Å². The fourth-order valence-corrected chi connectivity index (χ4v) is 3.42. The highest BCUT2D eigenvalue weighted by Gasteiger charge is 2.53. The quantitative estimate of drug-likeness (QED) is 0.877. The van der Waals surface area contributed by atoms with Crippen LogP contribution in [-0.2, 0) is 15.2 Å². The molecule has 0 aliphatic carbocycles. The average Bonchev–Trinajstić information content (AvgIpc) is 2.98. The van der Waals surface area contributed by atoms with E-state index in [1.165, 1.54) is 6.33 Å². The molecule has 0 bridgehead atoms. The number of hydrogen-bond acceptors (Lipinski definition) is 5. The summed E-state index contributed by atoms with van der Waals surface area (Å²) in [6, 6.07) is 1.93. The highest BCUT2D eigenvalue weighted by atomic mass is 16.8. The number of anilines is 1. The summed E-state index contributed by atoms with van der Waals surface area (Å²) in [4.78, 5) is 8.47. The summed E-state index contributed by atoms with van der Waals surface area (Å²) in [5, 5.41) is 0.822. The van der Waals surface area contributed by atoms with Crippen molar-refractivity contribution in [3.05, 3.63) is 30.7 Å². The third kappa shape index (κ3) is 2.52. The molecule has 0 amide bonds. The van der Waals surface area contributed by atoms with E-state index in [-0.39, 0.29) is 6.10 Å². The lowest BCUT2D eigenvalue weighted by Gasteiger charge is -2.34. The molecule has 0 radical (unpaired) electrons. The van der Waals surface area contributed by atoms with Gasteiger partial charge in [-0.15, -0.1) is 6.58 Å². The molecule has 1 aliphatic heterocycles. The zero-order valence-electron chi connectivity index (χ0n) is 14.2. The van der Waals surface area contributed by atoms with Gasteiger partial charge in [0.25, 0.3) is 0 Å². The van der Waals surface area contributed by atoms with Crippen LogP contribution in [0.1, 0.15) is 40.5 Å². The monoisotopic (exact) mass is 316 g/mol. The van der Waals surface area contributed by atoms with Crippen molar-refractivity contribution in [2.24, 2.45) is 0 Å². The maximum Gasteiger partial charge on any atom is 0.175 e. The summed E-state index contributed by atoms with van der Waals surface area (Å²) in [6.07, 6.45) is 4.74. The van der Waals surface area contributed by atoms with Crippen LogP contribution in [0.25, 0.3) is 11.0 Å². The van der Waals surface area contributed by atoms with Gasteiger partial charge in [-0.2, -0.15) is 0 Å². The molecule has 0 aromatic carbocycles. The summed E-state index contributed by atoms with van der Waals surface area (Å²) < 4.78 is 14.6. The molecular weight excluding hydrogens is 292 g/mol. The van der Waals surface area contributed by atoms with E-state index in [4.69, 9.17) is 15.2 Å². The van der Waals surface area contributed by atoms with Crippen molar-refractivity contribution in [2.45, 2.75) is 58.2 Å². The van der Waals surface area contributed by atoms with Gasteiger partial charge in [-0.25, -0.2) is 9.97 Å². The normalized spacial score (nSPS) is 26.7. The van der Waals surface area contributed by atoms with E-state index in [1.807, 2.05) is 37.6 Å². The Hall–Kier alpha value is -1.92. The number of nitrogens with zero attached hydrogens (tertiary/aromatic N) is 3.